The Balaban J connectivity index is 1.49. The largest absolute Gasteiger partial charge is 0.399 e. The van der Waals surface area contributed by atoms with Crippen molar-refractivity contribution in [2.75, 3.05) is 12.8 Å². The highest BCUT2D eigenvalue weighted by molar-refractivity contribution is 5.77. The monoisotopic (exact) mass is 392 g/mol. The van der Waals surface area contributed by atoms with Crippen LogP contribution >= 0.6 is 0 Å². The number of nitrogens with two attached hydrogens (primary N) is 1. The Kier molecular flexibility index (Phi) is 4.21. The van der Waals surface area contributed by atoms with Crippen LogP contribution in [0.15, 0.2) is 30.3 Å². The molecule has 1 aromatic rings. The van der Waals surface area contributed by atoms with E-state index in [9.17, 15) is 4.79 Å². The molecule has 156 valence electrons. The zero-order valence-electron chi connectivity index (χ0n) is 18.4. The second kappa shape index (κ2) is 6.36. The number of benzene rings is 1. The molecule has 0 radical (unpaired) electrons. The maximum atomic E-state index is 12.4. The number of nitrogen functional groups attached to an aromatic ring is 1. The first-order valence-electron chi connectivity index (χ1n) is 11.6. The lowest BCUT2D eigenvalue weighted by molar-refractivity contribution is -0.162. The Morgan fingerprint density at radius 1 is 1.17 bits per heavy atom. The van der Waals surface area contributed by atoms with E-state index in [0.717, 1.165) is 30.4 Å². The molecule has 3 aliphatic carbocycles. The number of rotatable bonds is 1. The number of allylic oxidation sites excluding steroid dienone is 2. The minimum atomic E-state index is 0.253. The second-order valence-electron chi connectivity index (χ2n) is 11.0. The van der Waals surface area contributed by atoms with Crippen molar-refractivity contribution in [1.29, 1.82) is 0 Å². The molecule has 0 aromatic heterocycles. The van der Waals surface area contributed by atoms with Gasteiger partial charge in [0.1, 0.15) is 0 Å². The molecule has 5 rings (SSSR count). The van der Waals surface area contributed by atoms with Crippen LogP contribution in [-0.2, 0) is 4.79 Å². The van der Waals surface area contributed by atoms with Gasteiger partial charge in [0.05, 0.1) is 0 Å². The summed E-state index contributed by atoms with van der Waals surface area (Å²) in [5.74, 6) is 3.23. The van der Waals surface area contributed by atoms with Gasteiger partial charge in [-0.1, -0.05) is 39.0 Å². The number of piperidine rings is 1. The van der Waals surface area contributed by atoms with Crippen molar-refractivity contribution in [2.24, 2.45) is 34.5 Å². The van der Waals surface area contributed by atoms with Gasteiger partial charge in [-0.25, -0.2) is 0 Å². The summed E-state index contributed by atoms with van der Waals surface area (Å²) in [5.41, 5.74) is 10.4. The number of amides is 1. The second-order valence-corrected chi connectivity index (χ2v) is 11.0. The molecule has 7 atom stereocenters. The molecule has 3 fully saturated rings. The number of hydrogen-bond donors (Lipinski definition) is 1. The Labute approximate surface area is 175 Å². The molecule has 1 aliphatic heterocycles. The SMILES string of the molecule is CC1CC2N(C)C(=O)CC[C@]2(C)[C@@H]2CC[C@]3(C)C(c4cccc(N)c4)=CC[C@H]3[C@H]12. The summed E-state index contributed by atoms with van der Waals surface area (Å²) in [7, 11) is 2.05. The average molecular weight is 393 g/mol. The number of carbonyl (C=O) groups excluding carboxylic acids is 1. The van der Waals surface area contributed by atoms with Crippen molar-refractivity contribution in [3.8, 4) is 0 Å². The van der Waals surface area contributed by atoms with Crippen molar-refractivity contribution >= 4 is 17.2 Å². The molecule has 2 N–H and O–H groups in total. The fourth-order valence-electron chi connectivity index (χ4n) is 8.19. The first-order chi connectivity index (χ1) is 13.8. The van der Waals surface area contributed by atoms with E-state index in [4.69, 9.17) is 5.73 Å². The first kappa shape index (κ1) is 19.2. The number of hydrogen-bond acceptors (Lipinski definition) is 2. The van der Waals surface area contributed by atoms with Gasteiger partial charge in [-0.15, -0.1) is 0 Å². The Hall–Kier alpha value is -1.77. The van der Waals surface area contributed by atoms with Gasteiger partial charge in [-0.2, -0.15) is 0 Å². The molecule has 2 unspecified atom stereocenters. The van der Waals surface area contributed by atoms with Crippen LogP contribution in [0.4, 0.5) is 5.69 Å². The summed E-state index contributed by atoms with van der Waals surface area (Å²) in [5, 5.41) is 0. The lowest BCUT2D eigenvalue weighted by Crippen LogP contribution is -2.63. The highest BCUT2D eigenvalue weighted by Gasteiger charge is 2.61. The predicted octanol–water partition coefficient (Wildman–Crippen LogP) is 5.37. The van der Waals surface area contributed by atoms with Gasteiger partial charge in [0.25, 0.3) is 0 Å². The Morgan fingerprint density at radius 2 is 1.97 bits per heavy atom. The van der Waals surface area contributed by atoms with Crippen LogP contribution in [0, 0.1) is 34.5 Å². The molecule has 2 saturated carbocycles. The molecule has 4 aliphatic rings. The normalized spacial score (nSPS) is 44.0. The quantitative estimate of drug-likeness (QED) is 0.653. The van der Waals surface area contributed by atoms with Gasteiger partial charge >= 0.3 is 0 Å². The van der Waals surface area contributed by atoms with Gasteiger partial charge in [-0.3, -0.25) is 4.79 Å². The molecule has 0 spiro atoms. The third-order valence-corrected chi connectivity index (χ3v) is 9.71. The minimum absolute atomic E-state index is 0.253. The van der Waals surface area contributed by atoms with Crippen molar-refractivity contribution < 1.29 is 4.79 Å². The molecule has 1 aromatic carbocycles. The van der Waals surface area contributed by atoms with Crippen molar-refractivity contribution in [3.63, 3.8) is 0 Å². The summed E-state index contributed by atoms with van der Waals surface area (Å²) in [4.78, 5) is 14.5. The number of nitrogens with zero attached hydrogens (tertiary/aromatic N) is 1. The molecule has 3 heteroatoms. The molecule has 1 saturated heterocycles. The van der Waals surface area contributed by atoms with E-state index in [1.807, 2.05) is 6.07 Å². The smallest absolute Gasteiger partial charge is 0.222 e. The third-order valence-electron chi connectivity index (χ3n) is 9.71. The lowest BCUT2D eigenvalue weighted by atomic mass is 9.44. The van der Waals surface area contributed by atoms with Gasteiger partial charge in [0.2, 0.25) is 5.91 Å². The Morgan fingerprint density at radius 3 is 2.72 bits per heavy atom. The molecular formula is C26H36N2O. The van der Waals surface area contributed by atoms with Gasteiger partial charge < -0.3 is 10.6 Å². The molecular weight excluding hydrogens is 356 g/mol. The third kappa shape index (κ3) is 2.58. The maximum absolute atomic E-state index is 12.4. The fraction of sp³-hybridized carbons (Fsp3) is 0.654. The fourth-order valence-corrected chi connectivity index (χ4v) is 8.19. The van der Waals surface area contributed by atoms with Crippen LogP contribution in [0.5, 0.6) is 0 Å². The van der Waals surface area contributed by atoms with E-state index < -0.39 is 0 Å². The standard InChI is InChI=1S/C26H36N2O/c1-16-14-22-26(3,13-11-23(29)28(22)4)21-10-12-25(2)19(8-9-20(25)24(16)21)17-6-5-7-18(27)15-17/h5-8,15-16,20-22,24H,9-14,27H2,1-4H3/t16?,20-,21+,22?,24-,25+,26+/m0/s1. The number of carbonyl (C=O) groups is 1. The van der Waals surface area contributed by atoms with Crippen molar-refractivity contribution in [1.82, 2.24) is 4.90 Å². The maximum Gasteiger partial charge on any atom is 0.222 e. The number of likely N-dealkylation sites (tertiary alicyclic amines) is 1. The minimum Gasteiger partial charge on any atom is -0.399 e. The predicted molar refractivity (Wildman–Crippen MR) is 119 cm³/mol. The Bertz CT molecular complexity index is 875. The van der Waals surface area contributed by atoms with Gasteiger partial charge in [-0.05, 0) is 89.9 Å². The van der Waals surface area contributed by atoms with E-state index in [0.29, 0.717) is 23.8 Å². The lowest BCUT2D eigenvalue weighted by Gasteiger charge is -2.63. The molecule has 29 heavy (non-hydrogen) atoms. The van der Waals surface area contributed by atoms with Crippen molar-refractivity contribution in [2.45, 2.75) is 65.3 Å². The highest BCUT2D eigenvalue weighted by atomic mass is 16.2. The highest BCUT2D eigenvalue weighted by Crippen LogP contribution is 2.67. The topological polar surface area (TPSA) is 46.3 Å². The van der Waals surface area contributed by atoms with Gasteiger partial charge in [0.15, 0.2) is 0 Å². The molecule has 0 bridgehead atoms. The van der Waals surface area contributed by atoms with E-state index in [1.54, 1.807) is 0 Å². The molecule has 1 amide bonds. The van der Waals surface area contributed by atoms with Crippen LogP contribution in [0.25, 0.3) is 5.57 Å². The zero-order valence-corrected chi connectivity index (χ0v) is 18.4. The first-order valence-corrected chi connectivity index (χ1v) is 11.6. The summed E-state index contributed by atoms with van der Waals surface area (Å²) >= 11 is 0. The summed E-state index contributed by atoms with van der Waals surface area (Å²) < 4.78 is 0. The van der Waals surface area contributed by atoms with Crippen LogP contribution in [0.1, 0.15) is 64.9 Å². The van der Waals surface area contributed by atoms with Crippen LogP contribution in [-0.4, -0.2) is 23.9 Å². The summed E-state index contributed by atoms with van der Waals surface area (Å²) in [6, 6.07) is 8.91. The summed E-state index contributed by atoms with van der Waals surface area (Å²) in [6.07, 6.45) is 9.24. The summed E-state index contributed by atoms with van der Waals surface area (Å²) in [6.45, 7) is 7.50. The van der Waals surface area contributed by atoms with Crippen LogP contribution < -0.4 is 5.73 Å². The van der Waals surface area contributed by atoms with E-state index >= 15 is 0 Å². The van der Waals surface area contributed by atoms with Gasteiger partial charge in [0, 0.05) is 25.2 Å². The molecule has 1 heterocycles. The van der Waals surface area contributed by atoms with Crippen LogP contribution in [0.2, 0.25) is 0 Å². The average Bonchev–Trinajstić information content (AvgIpc) is 3.04. The van der Waals surface area contributed by atoms with E-state index in [-0.39, 0.29) is 10.8 Å². The number of anilines is 1. The van der Waals surface area contributed by atoms with E-state index in [1.165, 1.54) is 36.8 Å². The van der Waals surface area contributed by atoms with E-state index in [2.05, 4.69) is 57.0 Å². The molecule has 3 nitrogen and oxygen atoms in total. The zero-order chi connectivity index (χ0) is 20.6. The van der Waals surface area contributed by atoms with Crippen LogP contribution in [0.3, 0.4) is 0 Å². The van der Waals surface area contributed by atoms with Crippen molar-refractivity contribution in [3.05, 3.63) is 35.9 Å². The number of fused-ring (bicyclic) bond motifs is 5.